The molecule has 2 aromatic carbocycles. The Bertz CT molecular complexity index is 970. The molecule has 0 fully saturated rings. The predicted octanol–water partition coefficient (Wildman–Crippen LogP) is 4.71. The van der Waals surface area contributed by atoms with E-state index in [1.807, 2.05) is 12.1 Å². The highest BCUT2D eigenvalue weighted by Crippen LogP contribution is 2.29. The number of methoxy groups -OCH3 is 1. The van der Waals surface area contributed by atoms with Gasteiger partial charge < -0.3 is 10.1 Å². The van der Waals surface area contributed by atoms with Crippen molar-refractivity contribution in [3.8, 4) is 17.0 Å². The Morgan fingerprint density at radius 3 is 2.50 bits per heavy atom. The van der Waals surface area contributed by atoms with Crippen LogP contribution in [0.3, 0.4) is 0 Å². The quantitative estimate of drug-likeness (QED) is 0.691. The minimum Gasteiger partial charge on any atom is -0.497 e. The van der Waals surface area contributed by atoms with E-state index in [0.717, 1.165) is 17.7 Å². The minimum absolute atomic E-state index is 0.0110. The van der Waals surface area contributed by atoms with E-state index in [2.05, 4.69) is 10.3 Å². The van der Waals surface area contributed by atoms with E-state index in [1.165, 1.54) is 18.3 Å². The van der Waals surface area contributed by atoms with Crippen LogP contribution in [0.1, 0.15) is 21.5 Å². The first-order chi connectivity index (χ1) is 13.4. The highest BCUT2D eigenvalue weighted by molar-refractivity contribution is 5.95. The van der Waals surface area contributed by atoms with Gasteiger partial charge >= 0.3 is 6.18 Å². The van der Waals surface area contributed by atoms with E-state index in [4.69, 9.17) is 4.74 Å². The maximum absolute atomic E-state index is 12.8. The van der Waals surface area contributed by atoms with Crippen molar-refractivity contribution in [1.29, 1.82) is 0 Å². The third-order valence-corrected chi connectivity index (χ3v) is 4.12. The third-order valence-electron chi connectivity index (χ3n) is 4.12. The van der Waals surface area contributed by atoms with Crippen molar-refractivity contribution in [1.82, 2.24) is 10.3 Å². The van der Waals surface area contributed by atoms with Gasteiger partial charge in [-0.25, -0.2) is 0 Å². The molecule has 0 aliphatic rings. The monoisotopic (exact) mass is 386 g/mol. The maximum atomic E-state index is 12.8. The fourth-order valence-electron chi connectivity index (χ4n) is 2.63. The highest BCUT2D eigenvalue weighted by atomic mass is 19.4. The largest absolute Gasteiger partial charge is 0.497 e. The van der Waals surface area contributed by atoms with Crippen molar-refractivity contribution in [2.45, 2.75) is 12.7 Å². The lowest BCUT2D eigenvalue weighted by Gasteiger charge is -2.10. The fourth-order valence-corrected chi connectivity index (χ4v) is 2.63. The van der Waals surface area contributed by atoms with Crippen LogP contribution in [-0.4, -0.2) is 18.0 Å². The molecular formula is C21H17F3N2O2. The van der Waals surface area contributed by atoms with Crippen LogP contribution in [0.25, 0.3) is 11.3 Å². The molecule has 0 spiro atoms. The molecule has 1 heterocycles. The van der Waals surface area contributed by atoms with Crippen LogP contribution in [0.15, 0.2) is 66.9 Å². The summed E-state index contributed by atoms with van der Waals surface area (Å²) in [5, 5.41) is 2.64. The average molecular weight is 386 g/mol. The zero-order chi connectivity index (χ0) is 20.1. The number of nitrogens with zero attached hydrogens (tertiary/aromatic N) is 1. The van der Waals surface area contributed by atoms with Crippen LogP contribution >= 0.6 is 0 Å². The molecule has 28 heavy (non-hydrogen) atoms. The Morgan fingerprint density at radius 1 is 1.07 bits per heavy atom. The summed E-state index contributed by atoms with van der Waals surface area (Å²) in [5.74, 6) is 0.313. The predicted molar refractivity (Wildman–Crippen MR) is 98.8 cm³/mol. The van der Waals surface area contributed by atoms with E-state index >= 15 is 0 Å². The van der Waals surface area contributed by atoms with E-state index < -0.39 is 17.6 Å². The summed E-state index contributed by atoms with van der Waals surface area (Å²) in [6, 6.07) is 15.3. The molecule has 3 rings (SSSR count). The van der Waals surface area contributed by atoms with E-state index in [9.17, 15) is 18.0 Å². The van der Waals surface area contributed by atoms with Crippen LogP contribution in [0, 0.1) is 0 Å². The van der Waals surface area contributed by atoms with Crippen LogP contribution in [-0.2, 0) is 12.7 Å². The number of rotatable bonds is 5. The fraction of sp³-hybridized carbons (Fsp3) is 0.143. The number of alkyl halides is 3. The van der Waals surface area contributed by atoms with Gasteiger partial charge in [0, 0.05) is 23.9 Å². The number of ether oxygens (including phenoxy) is 1. The molecule has 4 nitrogen and oxygen atoms in total. The number of benzene rings is 2. The van der Waals surface area contributed by atoms with E-state index in [0.29, 0.717) is 22.6 Å². The Hall–Kier alpha value is -3.35. The molecule has 1 N–H and O–H groups in total. The van der Waals surface area contributed by atoms with Gasteiger partial charge in [-0.2, -0.15) is 13.2 Å². The third kappa shape index (κ3) is 4.68. The second-order valence-electron chi connectivity index (χ2n) is 6.04. The molecule has 0 saturated heterocycles. The Balaban J connectivity index is 1.71. The summed E-state index contributed by atoms with van der Waals surface area (Å²) in [6.07, 6.45) is -2.91. The molecule has 0 radical (unpaired) electrons. The molecule has 7 heteroatoms. The van der Waals surface area contributed by atoms with Gasteiger partial charge in [0.2, 0.25) is 0 Å². The molecule has 0 unspecified atom stereocenters. The molecule has 1 aromatic heterocycles. The van der Waals surface area contributed by atoms with Crippen molar-refractivity contribution in [3.63, 3.8) is 0 Å². The Morgan fingerprint density at radius 2 is 1.82 bits per heavy atom. The van der Waals surface area contributed by atoms with Gasteiger partial charge in [-0.3, -0.25) is 9.78 Å². The average Bonchev–Trinajstić information content (AvgIpc) is 2.72. The molecule has 3 aromatic rings. The summed E-state index contributed by atoms with van der Waals surface area (Å²) in [7, 11) is 1.57. The Labute approximate surface area is 160 Å². The van der Waals surface area contributed by atoms with Gasteiger partial charge in [-0.05, 0) is 54.1 Å². The molecule has 0 atom stereocenters. The minimum atomic E-state index is -4.42. The van der Waals surface area contributed by atoms with Crippen LogP contribution in [0.5, 0.6) is 5.75 Å². The van der Waals surface area contributed by atoms with Crippen molar-refractivity contribution in [2.75, 3.05) is 7.11 Å². The Kier molecular flexibility index (Phi) is 5.63. The summed E-state index contributed by atoms with van der Waals surface area (Å²) < 4.78 is 43.5. The molecular weight excluding hydrogens is 369 g/mol. The first-order valence-corrected chi connectivity index (χ1v) is 8.41. The number of hydrogen-bond donors (Lipinski definition) is 1. The second kappa shape index (κ2) is 8.12. The number of carbonyl (C=O) groups excluding carboxylic acids is 1. The molecule has 0 aliphatic heterocycles. The number of amides is 1. The second-order valence-corrected chi connectivity index (χ2v) is 6.04. The van der Waals surface area contributed by atoms with Crippen molar-refractivity contribution in [2.24, 2.45) is 0 Å². The summed E-state index contributed by atoms with van der Waals surface area (Å²) in [4.78, 5) is 16.7. The maximum Gasteiger partial charge on any atom is 0.416 e. The molecule has 0 saturated carbocycles. The van der Waals surface area contributed by atoms with Gasteiger partial charge in [0.05, 0.1) is 18.4 Å². The number of pyridine rings is 1. The number of hydrogen-bond acceptors (Lipinski definition) is 3. The standard InChI is InChI=1S/C21H17F3N2O2/c1-28-18-7-5-15(6-8-18)19-12-16(9-10-25-19)20(27)26-13-14-3-2-4-17(11-14)21(22,23)24/h2-12H,13H2,1H3,(H,26,27). The lowest BCUT2D eigenvalue weighted by Crippen LogP contribution is -2.23. The summed E-state index contributed by atoms with van der Waals surface area (Å²) in [5.41, 5.74) is 1.41. The summed E-state index contributed by atoms with van der Waals surface area (Å²) in [6.45, 7) is -0.0110. The van der Waals surface area contributed by atoms with Gasteiger partial charge in [-0.1, -0.05) is 12.1 Å². The first kappa shape index (κ1) is 19.4. The number of nitrogens with one attached hydrogen (secondary N) is 1. The molecule has 1 amide bonds. The van der Waals surface area contributed by atoms with Crippen LogP contribution in [0.4, 0.5) is 13.2 Å². The normalized spacial score (nSPS) is 11.1. The lowest BCUT2D eigenvalue weighted by atomic mass is 10.1. The van der Waals surface area contributed by atoms with Crippen molar-refractivity contribution >= 4 is 5.91 Å². The van der Waals surface area contributed by atoms with Gasteiger partial charge in [-0.15, -0.1) is 0 Å². The van der Waals surface area contributed by atoms with Crippen LogP contribution < -0.4 is 10.1 Å². The van der Waals surface area contributed by atoms with Crippen molar-refractivity contribution in [3.05, 3.63) is 83.6 Å². The number of aromatic nitrogens is 1. The smallest absolute Gasteiger partial charge is 0.416 e. The number of carbonyl (C=O) groups is 1. The van der Waals surface area contributed by atoms with E-state index in [-0.39, 0.29) is 6.54 Å². The zero-order valence-electron chi connectivity index (χ0n) is 15.0. The zero-order valence-corrected chi connectivity index (χ0v) is 15.0. The summed E-state index contributed by atoms with van der Waals surface area (Å²) >= 11 is 0. The lowest BCUT2D eigenvalue weighted by molar-refractivity contribution is -0.137. The van der Waals surface area contributed by atoms with Crippen molar-refractivity contribution < 1.29 is 22.7 Å². The topological polar surface area (TPSA) is 51.2 Å². The first-order valence-electron chi connectivity index (χ1n) is 8.41. The molecule has 144 valence electrons. The molecule has 0 aliphatic carbocycles. The van der Waals surface area contributed by atoms with Gasteiger partial charge in [0.1, 0.15) is 5.75 Å². The van der Waals surface area contributed by atoms with Gasteiger partial charge in [0.25, 0.3) is 5.91 Å². The number of halogens is 3. The van der Waals surface area contributed by atoms with Crippen LogP contribution in [0.2, 0.25) is 0 Å². The van der Waals surface area contributed by atoms with Gasteiger partial charge in [0.15, 0.2) is 0 Å². The highest BCUT2D eigenvalue weighted by Gasteiger charge is 2.30. The SMILES string of the molecule is COc1ccc(-c2cc(C(=O)NCc3cccc(C(F)(F)F)c3)ccn2)cc1. The molecule has 0 bridgehead atoms. The van der Waals surface area contributed by atoms with E-state index in [1.54, 1.807) is 31.4 Å².